The zero-order chi connectivity index (χ0) is 16.5. The van der Waals surface area contributed by atoms with Gasteiger partial charge in [-0.3, -0.25) is 0 Å². The lowest BCUT2D eigenvalue weighted by atomic mass is 10.0. The Labute approximate surface area is 136 Å². The zero-order valence-electron chi connectivity index (χ0n) is 13.0. The lowest BCUT2D eigenvalue weighted by Gasteiger charge is -2.10. The van der Waals surface area contributed by atoms with Gasteiger partial charge >= 0.3 is 5.97 Å². The van der Waals surface area contributed by atoms with E-state index in [9.17, 15) is 4.79 Å². The predicted molar refractivity (Wildman–Crippen MR) is 93.1 cm³/mol. The molecule has 0 spiro atoms. The first-order chi connectivity index (χ1) is 11.2. The highest BCUT2D eigenvalue weighted by Gasteiger charge is 2.13. The van der Waals surface area contributed by atoms with Crippen LogP contribution in [0.1, 0.15) is 17.5 Å². The van der Waals surface area contributed by atoms with E-state index >= 15 is 0 Å². The number of ether oxygens (including phenoxy) is 2. The Morgan fingerprint density at radius 3 is 2.43 bits per heavy atom. The minimum absolute atomic E-state index is 0.293. The molecule has 0 radical (unpaired) electrons. The van der Waals surface area contributed by atoms with E-state index in [1.54, 1.807) is 6.08 Å². The van der Waals surface area contributed by atoms with Crippen molar-refractivity contribution >= 4 is 17.6 Å². The maximum atomic E-state index is 12.0. The van der Waals surface area contributed by atoms with Crippen LogP contribution in [0.25, 0.3) is 11.6 Å². The molecule has 0 saturated heterocycles. The molecule has 0 bridgehead atoms. The number of esters is 1. The van der Waals surface area contributed by atoms with Crippen LogP contribution in [0.4, 0.5) is 0 Å². The molecule has 0 unspecified atom stereocenters. The molecule has 2 aromatic rings. The molecule has 2 aromatic carbocycles. The van der Waals surface area contributed by atoms with Crippen molar-refractivity contribution in [2.24, 2.45) is 0 Å². The fraction of sp³-hybridized carbons (Fsp3) is 0.150. The summed E-state index contributed by atoms with van der Waals surface area (Å²) in [4.78, 5) is 12.0. The van der Waals surface area contributed by atoms with E-state index in [-0.39, 0.29) is 0 Å². The van der Waals surface area contributed by atoms with Gasteiger partial charge in [0.2, 0.25) is 0 Å². The van der Waals surface area contributed by atoms with Gasteiger partial charge in [0.05, 0.1) is 18.8 Å². The van der Waals surface area contributed by atoms with Gasteiger partial charge in [-0.05, 0) is 23.3 Å². The quantitative estimate of drug-likeness (QED) is 0.413. The fourth-order valence-electron chi connectivity index (χ4n) is 2.08. The highest BCUT2D eigenvalue weighted by Crippen LogP contribution is 2.20. The summed E-state index contributed by atoms with van der Waals surface area (Å²) in [7, 11) is 0. The van der Waals surface area contributed by atoms with E-state index < -0.39 is 5.97 Å². The Hall–Kier alpha value is -2.81. The lowest BCUT2D eigenvalue weighted by molar-refractivity contribution is -0.136. The van der Waals surface area contributed by atoms with Gasteiger partial charge in [-0.25, -0.2) is 4.79 Å². The average Bonchev–Trinajstić information content (AvgIpc) is 2.61. The van der Waals surface area contributed by atoms with Crippen molar-refractivity contribution in [1.82, 2.24) is 0 Å². The molecule has 0 heterocycles. The van der Waals surface area contributed by atoms with Crippen LogP contribution in [0.15, 0.2) is 67.8 Å². The van der Waals surface area contributed by atoms with Crippen LogP contribution >= 0.6 is 0 Å². The molecule has 0 saturated carbocycles. The summed E-state index contributed by atoms with van der Waals surface area (Å²) in [5.74, 6) is 0.391. The number of carbonyl (C=O) groups excluding carboxylic acids is 1. The van der Waals surface area contributed by atoms with Crippen molar-refractivity contribution in [2.75, 3.05) is 13.2 Å². The molecular formula is C20H20O3. The van der Waals surface area contributed by atoms with Crippen molar-refractivity contribution in [2.45, 2.75) is 6.42 Å². The first kappa shape index (κ1) is 16.6. The Morgan fingerprint density at radius 1 is 1.00 bits per heavy atom. The number of hydrogen-bond donors (Lipinski definition) is 0. The first-order valence-electron chi connectivity index (χ1n) is 7.48. The molecule has 0 amide bonds. The van der Waals surface area contributed by atoms with E-state index in [0.29, 0.717) is 25.2 Å². The summed E-state index contributed by atoms with van der Waals surface area (Å²) in [5, 5.41) is 0. The molecule has 0 N–H and O–H groups in total. The smallest absolute Gasteiger partial charge is 0.338 e. The molecule has 0 aromatic heterocycles. The number of benzene rings is 2. The molecule has 0 fully saturated rings. The van der Waals surface area contributed by atoms with Crippen LogP contribution in [0.2, 0.25) is 0 Å². The number of rotatable bonds is 8. The summed E-state index contributed by atoms with van der Waals surface area (Å²) < 4.78 is 10.8. The number of para-hydroxylation sites is 1. The summed E-state index contributed by atoms with van der Waals surface area (Å²) in [6.45, 7) is 8.35. The average molecular weight is 308 g/mol. The van der Waals surface area contributed by atoms with E-state index in [1.807, 2.05) is 54.6 Å². The molecule has 2 rings (SSSR count). The molecule has 3 heteroatoms. The summed E-state index contributed by atoms with van der Waals surface area (Å²) in [6, 6.07) is 17.0. The van der Waals surface area contributed by atoms with Crippen LogP contribution < -0.4 is 4.74 Å². The van der Waals surface area contributed by atoms with Crippen molar-refractivity contribution < 1.29 is 14.3 Å². The van der Waals surface area contributed by atoms with E-state index in [4.69, 9.17) is 9.47 Å². The Kier molecular flexibility index (Phi) is 6.18. The zero-order valence-corrected chi connectivity index (χ0v) is 13.0. The highest BCUT2D eigenvalue weighted by molar-refractivity contribution is 6.16. The van der Waals surface area contributed by atoms with Gasteiger partial charge in [0.15, 0.2) is 0 Å². The van der Waals surface area contributed by atoms with Crippen LogP contribution in [0.3, 0.4) is 0 Å². The van der Waals surface area contributed by atoms with Crippen molar-refractivity contribution in [3.8, 4) is 5.75 Å². The van der Waals surface area contributed by atoms with Crippen molar-refractivity contribution in [3.05, 3.63) is 78.9 Å². The van der Waals surface area contributed by atoms with Gasteiger partial charge in [-0.1, -0.05) is 61.7 Å². The Bertz CT molecular complexity index is 674. The molecule has 0 aliphatic carbocycles. The SMILES string of the molecule is C=Cc1ccccc1C(=C)C(=O)OCCCOc1ccccc1. The van der Waals surface area contributed by atoms with Crippen molar-refractivity contribution in [3.63, 3.8) is 0 Å². The molecule has 0 aliphatic heterocycles. The summed E-state index contributed by atoms with van der Waals surface area (Å²) >= 11 is 0. The van der Waals surface area contributed by atoms with Crippen LogP contribution in [0, 0.1) is 0 Å². The Balaban J connectivity index is 1.76. The Morgan fingerprint density at radius 2 is 1.70 bits per heavy atom. The van der Waals surface area contributed by atoms with Gasteiger partial charge in [-0.15, -0.1) is 0 Å². The topological polar surface area (TPSA) is 35.5 Å². The van der Waals surface area contributed by atoms with Gasteiger partial charge in [-0.2, -0.15) is 0 Å². The molecular weight excluding hydrogens is 288 g/mol. The maximum absolute atomic E-state index is 12.0. The third-order valence-electron chi connectivity index (χ3n) is 3.29. The lowest BCUT2D eigenvalue weighted by Crippen LogP contribution is -2.10. The minimum atomic E-state index is -0.418. The highest BCUT2D eigenvalue weighted by atomic mass is 16.5. The van der Waals surface area contributed by atoms with Gasteiger partial charge in [0.1, 0.15) is 5.75 Å². The molecule has 3 nitrogen and oxygen atoms in total. The van der Waals surface area contributed by atoms with E-state index in [1.165, 1.54) is 0 Å². The van der Waals surface area contributed by atoms with Gasteiger partial charge < -0.3 is 9.47 Å². The summed E-state index contributed by atoms with van der Waals surface area (Å²) in [6.07, 6.45) is 2.32. The van der Waals surface area contributed by atoms with Crippen LogP contribution in [0.5, 0.6) is 5.75 Å². The van der Waals surface area contributed by atoms with E-state index in [2.05, 4.69) is 13.2 Å². The second-order valence-corrected chi connectivity index (χ2v) is 4.92. The molecule has 23 heavy (non-hydrogen) atoms. The molecule has 0 aliphatic rings. The normalized spacial score (nSPS) is 9.91. The largest absolute Gasteiger partial charge is 0.493 e. The van der Waals surface area contributed by atoms with Gasteiger partial charge in [0.25, 0.3) is 0 Å². The fourth-order valence-corrected chi connectivity index (χ4v) is 2.08. The van der Waals surface area contributed by atoms with E-state index in [0.717, 1.165) is 16.9 Å². The minimum Gasteiger partial charge on any atom is -0.493 e. The molecule has 0 atom stereocenters. The third kappa shape index (κ3) is 4.85. The first-order valence-corrected chi connectivity index (χ1v) is 7.48. The monoisotopic (exact) mass is 308 g/mol. The predicted octanol–water partition coefficient (Wildman–Crippen LogP) is 4.36. The second-order valence-electron chi connectivity index (χ2n) is 4.92. The number of carbonyl (C=O) groups is 1. The summed E-state index contributed by atoms with van der Waals surface area (Å²) in [5.41, 5.74) is 1.94. The van der Waals surface area contributed by atoms with Crippen LogP contribution in [-0.2, 0) is 9.53 Å². The maximum Gasteiger partial charge on any atom is 0.338 e. The standard InChI is InChI=1S/C20H20O3/c1-3-17-10-7-8-13-19(17)16(2)20(21)23-15-9-14-22-18-11-5-4-6-12-18/h3-8,10-13H,1-2,9,14-15H2. The van der Waals surface area contributed by atoms with Crippen LogP contribution in [-0.4, -0.2) is 19.2 Å². The third-order valence-corrected chi connectivity index (χ3v) is 3.29. The molecule has 118 valence electrons. The number of hydrogen-bond acceptors (Lipinski definition) is 3. The van der Waals surface area contributed by atoms with Gasteiger partial charge in [0, 0.05) is 6.42 Å². The second kappa shape index (κ2) is 8.59. The van der Waals surface area contributed by atoms with Crippen molar-refractivity contribution in [1.29, 1.82) is 0 Å².